The highest BCUT2D eigenvalue weighted by molar-refractivity contribution is 5.85. The number of nitrogens with zero attached hydrogens (tertiary/aromatic N) is 2. The first-order valence-corrected chi connectivity index (χ1v) is 6.24. The fourth-order valence-electron chi connectivity index (χ4n) is 2.22. The Balaban J connectivity index is 0.00000147. The van der Waals surface area contributed by atoms with Crippen molar-refractivity contribution < 1.29 is 9.66 Å². The van der Waals surface area contributed by atoms with E-state index in [1.807, 2.05) is 0 Å². The SMILES string of the molecule is Cl.O=[N+]([O-])c1ccc2nc(O[C@@H]3CCCNC3)[nH]c2c1. The van der Waals surface area contributed by atoms with Crippen LogP contribution in [0.15, 0.2) is 18.2 Å². The molecule has 0 saturated carbocycles. The highest BCUT2D eigenvalue weighted by Gasteiger charge is 2.17. The summed E-state index contributed by atoms with van der Waals surface area (Å²) in [5.41, 5.74) is 1.33. The summed E-state index contributed by atoms with van der Waals surface area (Å²) in [5, 5.41) is 14.0. The van der Waals surface area contributed by atoms with Crippen LogP contribution >= 0.6 is 12.4 Å². The lowest BCUT2D eigenvalue weighted by molar-refractivity contribution is -0.384. The van der Waals surface area contributed by atoms with Gasteiger partial charge in [0.1, 0.15) is 6.10 Å². The number of aromatic amines is 1. The van der Waals surface area contributed by atoms with E-state index in [-0.39, 0.29) is 24.2 Å². The minimum absolute atomic E-state index is 0. The van der Waals surface area contributed by atoms with Crippen molar-refractivity contribution in [3.63, 3.8) is 0 Å². The topological polar surface area (TPSA) is 93.1 Å². The van der Waals surface area contributed by atoms with Crippen LogP contribution in [0.5, 0.6) is 6.01 Å². The van der Waals surface area contributed by atoms with E-state index in [1.165, 1.54) is 12.1 Å². The van der Waals surface area contributed by atoms with Crippen molar-refractivity contribution in [2.45, 2.75) is 18.9 Å². The number of H-pyrrole nitrogens is 1. The van der Waals surface area contributed by atoms with E-state index in [2.05, 4.69) is 15.3 Å². The summed E-state index contributed by atoms with van der Waals surface area (Å²) in [5.74, 6) is 0. The molecule has 2 N–H and O–H groups in total. The molecule has 0 bridgehead atoms. The highest BCUT2D eigenvalue weighted by atomic mass is 35.5. The van der Waals surface area contributed by atoms with Crippen molar-refractivity contribution in [3.05, 3.63) is 28.3 Å². The van der Waals surface area contributed by atoms with Crippen LogP contribution in [0, 0.1) is 10.1 Å². The first-order valence-electron chi connectivity index (χ1n) is 6.24. The molecule has 2 heterocycles. The van der Waals surface area contributed by atoms with Gasteiger partial charge in [0.2, 0.25) is 0 Å². The number of hydrogen-bond donors (Lipinski definition) is 2. The predicted molar refractivity (Wildman–Crippen MR) is 76.5 cm³/mol. The van der Waals surface area contributed by atoms with Crippen molar-refractivity contribution in [1.82, 2.24) is 15.3 Å². The van der Waals surface area contributed by atoms with Crippen LogP contribution in [0.2, 0.25) is 0 Å². The molecule has 0 radical (unpaired) electrons. The van der Waals surface area contributed by atoms with E-state index >= 15 is 0 Å². The number of hydrogen-bond acceptors (Lipinski definition) is 5. The molecule has 8 heteroatoms. The Morgan fingerprint density at radius 3 is 3.00 bits per heavy atom. The van der Waals surface area contributed by atoms with Crippen LogP contribution in [0.25, 0.3) is 11.0 Å². The van der Waals surface area contributed by atoms with Crippen LogP contribution in [0.4, 0.5) is 5.69 Å². The second kappa shape index (κ2) is 6.06. The van der Waals surface area contributed by atoms with Gasteiger partial charge in [0.25, 0.3) is 11.7 Å². The third kappa shape index (κ3) is 3.00. The molecule has 0 unspecified atom stereocenters. The van der Waals surface area contributed by atoms with E-state index in [0.717, 1.165) is 25.9 Å². The largest absolute Gasteiger partial charge is 0.460 e. The zero-order valence-corrected chi connectivity index (χ0v) is 11.5. The maximum absolute atomic E-state index is 10.7. The quantitative estimate of drug-likeness (QED) is 0.668. The van der Waals surface area contributed by atoms with Crippen molar-refractivity contribution >= 4 is 29.1 Å². The molecule has 0 amide bonds. The highest BCUT2D eigenvalue weighted by Crippen LogP contribution is 2.22. The van der Waals surface area contributed by atoms with Crippen molar-refractivity contribution in [2.75, 3.05) is 13.1 Å². The third-order valence-corrected chi connectivity index (χ3v) is 3.18. The Hall–Kier alpha value is -1.86. The first-order chi connectivity index (χ1) is 9.22. The molecule has 1 aliphatic heterocycles. The molecule has 20 heavy (non-hydrogen) atoms. The Morgan fingerprint density at radius 1 is 1.45 bits per heavy atom. The fourth-order valence-corrected chi connectivity index (χ4v) is 2.22. The van der Waals surface area contributed by atoms with Crippen LogP contribution < -0.4 is 10.1 Å². The number of nitro groups is 1. The molecule has 3 rings (SSSR count). The maximum atomic E-state index is 10.7. The smallest absolute Gasteiger partial charge is 0.294 e. The monoisotopic (exact) mass is 298 g/mol. The van der Waals surface area contributed by atoms with Gasteiger partial charge in [-0.2, -0.15) is 4.98 Å². The van der Waals surface area contributed by atoms with E-state index in [4.69, 9.17) is 4.74 Å². The number of aromatic nitrogens is 2. The predicted octanol–water partition coefficient (Wildman–Crippen LogP) is 2.02. The lowest BCUT2D eigenvalue weighted by Crippen LogP contribution is -2.37. The van der Waals surface area contributed by atoms with Gasteiger partial charge in [-0.25, -0.2) is 0 Å². The van der Waals surface area contributed by atoms with Gasteiger partial charge in [0, 0.05) is 18.7 Å². The second-order valence-corrected chi connectivity index (χ2v) is 4.59. The molecule has 108 valence electrons. The number of nitro benzene ring substituents is 1. The molecular weight excluding hydrogens is 284 g/mol. The van der Waals surface area contributed by atoms with Crippen LogP contribution in [0.1, 0.15) is 12.8 Å². The Labute approximate surface area is 121 Å². The average Bonchev–Trinajstić information content (AvgIpc) is 2.80. The normalized spacial score (nSPS) is 18.5. The number of imidazole rings is 1. The van der Waals surface area contributed by atoms with Crippen LogP contribution in [-0.4, -0.2) is 34.1 Å². The molecular formula is C12H15ClN4O3. The number of nitrogens with one attached hydrogen (secondary N) is 2. The average molecular weight is 299 g/mol. The van der Waals surface area contributed by atoms with Crippen LogP contribution in [0.3, 0.4) is 0 Å². The van der Waals surface area contributed by atoms with Gasteiger partial charge in [-0.1, -0.05) is 0 Å². The number of ether oxygens (including phenoxy) is 1. The van der Waals surface area contributed by atoms with Gasteiger partial charge in [-0.3, -0.25) is 10.1 Å². The summed E-state index contributed by atoms with van der Waals surface area (Å²) < 4.78 is 5.74. The van der Waals surface area contributed by atoms with Gasteiger partial charge in [-0.15, -0.1) is 12.4 Å². The van der Waals surface area contributed by atoms with Crippen molar-refractivity contribution in [3.8, 4) is 6.01 Å². The maximum Gasteiger partial charge on any atom is 0.294 e. The van der Waals surface area contributed by atoms with Gasteiger partial charge < -0.3 is 15.0 Å². The van der Waals surface area contributed by atoms with E-state index in [1.54, 1.807) is 6.07 Å². The van der Waals surface area contributed by atoms with Crippen molar-refractivity contribution in [2.24, 2.45) is 0 Å². The molecule has 1 aromatic carbocycles. The second-order valence-electron chi connectivity index (χ2n) is 4.59. The zero-order valence-electron chi connectivity index (χ0n) is 10.7. The first kappa shape index (κ1) is 14.5. The number of fused-ring (bicyclic) bond motifs is 1. The van der Waals surface area contributed by atoms with Gasteiger partial charge in [0.05, 0.1) is 16.0 Å². The molecule has 2 aromatic rings. The Bertz CT molecular complexity index is 610. The number of non-ortho nitro benzene ring substituents is 1. The lowest BCUT2D eigenvalue weighted by Gasteiger charge is -2.22. The van der Waals surface area contributed by atoms with Crippen LogP contribution in [-0.2, 0) is 0 Å². The van der Waals surface area contributed by atoms with Gasteiger partial charge >= 0.3 is 0 Å². The Kier molecular flexibility index (Phi) is 4.41. The third-order valence-electron chi connectivity index (χ3n) is 3.18. The molecule has 7 nitrogen and oxygen atoms in total. The van der Waals surface area contributed by atoms with E-state index in [9.17, 15) is 10.1 Å². The minimum Gasteiger partial charge on any atom is -0.460 e. The molecule has 1 aromatic heterocycles. The Morgan fingerprint density at radius 2 is 2.30 bits per heavy atom. The summed E-state index contributed by atoms with van der Waals surface area (Å²) in [6.07, 6.45) is 2.17. The minimum atomic E-state index is -0.425. The molecule has 0 spiro atoms. The lowest BCUT2D eigenvalue weighted by atomic mass is 10.1. The van der Waals surface area contributed by atoms with E-state index < -0.39 is 4.92 Å². The van der Waals surface area contributed by atoms with Gasteiger partial charge in [0.15, 0.2) is 0 Å². The summed E-state index contributed by atoms with van der Waals surface area (Å²) in [7, 11) is 0. The summed E-state index contributed by atoms with van der Waals surface area (Å²) >= 11 is 0. The standard InChI is InChI=1S/C12H14N4O3.ClH/c17-16(18)8-3-4-10-11(6-8)15-12(14-10)19-9-2-1-5-13-7-9;/h3-4,6,9,13H,1-2,5,7H2,(H,14,15);1H/t9-;/m1./s1. The molecule has 1 fully saturated rings. The molecule has 1 aliphatic rings. The molecule has 0 aliphatic carbocycles. The van der Waals surface area contributed by atoms with Gasteiger partial charge in [-0.05, 0) is 25.5 Å². The summed E-state index contributed by atoms with van der Waals surface area (Å²) in [6, 6.07) is 4.95. The number of piperidine rings is 1. The zero-order chi connectivity index (χ0) is 13.2. The van der Waals surface area contributed by atoms with Crippen molar-refractivity contribution in [1.29, 1.82) is 0 Å². The van der Waals surface area contributed by atoms with E-state index in [0.29, 0.717) is 17.0 Å². The number of halogens is 1. The fraction of sp³-hybridized carbons (Fsp3) is 0.417. The summed E-state index contributed by atoms with van der Waals surface area (Å²) in [4.78, 5) is 17.5. The molecule has 1 saturated heterocycles. The number of benzene rings is 1. The molecule has 1 atom stereocenters. The summed E-state index contributed by atoms with van der Waals surface area (Å²) in [6.45, 7) is 1.82. The number of rotatable bonds is 3.